The van der Waals surface area contributed by atoms with Crippen molar-refractivity contribution in [3.05, 3.63) is 29.4 Å². The van der Waals surface area contributed by atoms with Crippen LogP contribution in [0.5, 0.6) is 5.75 Å². The molecule has 158 valence electrons. The molecule has 0 unspecified atom stereocenters. The first-order valence-electron chi connectivity index (χ1n) is 9.58. The Morgan fingerprint density at radius 1 is 1.07 bits per heavy atom. The van der Waals surface area contributed by atoms with Crippen molar-refractivity contribution in [1.82, 2.24) is 14.9 Å². The molecular weight excluding hydrogens is 394 g/mol. The van der Waals surface area contributed by atoms with Gasteiger partial charge in [0.1, 0.15) is 18.0 Å². The van der Waals surface area contributed by atoms with E-state index in [-0.39, 0.29) is 11.1 Å². The largest absolute Gasteiger partial charge is 0.491 e. The maximum atomic E-state index is 5.94. The van der Waals surface area contributed by atoms with Crippen LogP contribution in [-0.2, 0) is 4.74 Å². The Kier molecular flexibility index (Phi) is 7.56. The molecule has 1 aromatic heterocycles. The van der Waals surface area contributed by atoms with Gasteiger partial charge in [-0.05, 0) is 24.3 Å². The summed E-state index contributed by atoms with van der Waals surface area (Å²) in [6, 6.07) is 8.21. The number of rotatable bonds is 9. The number of hydrogen-bond donors (Lipinski definition) is 3. The van der Waals surface area contributed by atoms with E-state index in [4.69, 9.17) is 32.5 Å². The smallest absolute Gasteiger partial charge is 0.223 e. The maximum Gasteiger partial charge on any atom is 0.223 e. The summed E-state index contributed by atoms with van der Waals surface area (Å²) in [5.41, 5.74) is 13.0. The predicted octanol–water partition coefficient (Wildman–Crippen LogP) is 1.55. The highest BCUT2D eigenvalue weighted by Gasteiger charge is 2.17. The van der Waals surface area contributed by atoms with Crippen molar-refractivity contribution in [2.75, 3.05) is 81.3 Å². The van der Waals surface area contributed by atoms with Gasteiger partial charge in [-0.25, -0.2) is 0 Å². The lowest BCUT2D eigenvalue weighted by molar-refractivity contribution is 0.146. The zero-order valence-electron chi connectivity index (χ0n) is 16.6. The number of anilines is 4. The van der Waals surface area contributed by atoms with Crippen molar-refractivity contribution in [3.8, 4) is 5.75 Å². The summed E-state index contributed by atoms with van der Waals surface area (Å²) in [6.45, 7) is 6.62. The molecule has 1 aliphatic rings. The standard InChI is InChI=1S/C19H28ClN7O2/c1-28-12-13-29-15-4-2-14(3-5-15)27-10-8-26(9-11-27)7-6-23-18-16(21)17(20)24-19(22)25-18/h2-5H,6-13,21H2,1H3,(H3,22,23,24,25). The van der Waals surface area contributed by atoms with Gasteiger partial charge in [0.25, 0.3) is 0 Å². The average molecular weight is 422 g/mol. The lowest BCUT2D eigenvalue weighted by atomic mass is 10.2. The van der Waals surface area contributed by atoms with E-state index < -0.39 is 0 Å². The fraction of sp³-hybridized carbons (Fsp3) is 0.474. The third kappa shape index (κ3) is 5.99. The molecule has 3 rings (SSSR count). The van der Waals surface area contributed by atoms with Gasteiger partial charge in [-0.1, -0.05) is 11.6 Å². The molecule has 2 aromatic rings. The van der Waals surface area contributed by atoms with Crippen LogP contribution in [0.25, 0.3) is 0 Å². The number of nitrogens with one attached hydrogen (secondary N) is 1. The van der Waals surface area contributed by atoms with Crippen LogP contribution >= 0.6 is 11.6 Å². The van der Waals surface area contributed by atoms with E-state index >= 15 is 0 Å². The SMILES string of the molecule is COCCOc1ccc(N2CCN(CCNc3nc(N)nc(Cl)c3N)CC2)cc1. The van der Waals surface area contributed by atoms with Crippen LogP contribution in [0.2, 0.25) is 5.15 Å². The van der Waals surface area contributed by atoms with Crippen molar-refractivity contribution in [2.24, 2.45) is 0 Å². The summed E-state index contributed by atoms with van der Waals surface area (Å²) in [6.07, 6.45) is 0. The molecule has 1 fully saturated rings. The molecule has 1 aliphatic heterocycles. The first-order chi connectivity index (χ1) is 14.1. The molecular formula is C19H28ClN7O2. The van der Waals surface area contributed by atoms with Gasteiger partial charge in [0, 0.05) is 52.1 Å². The van der Waals surface area contributed by atoms with Crippen LogP contribution in [-0.4, -0.2) is 74.5 Å². The molecule has 2 heterocycles. The molecule has 0 aliphatic carbocycles. The Morgan fingerprint density at radius 3 is 2.48 bits per heavy atom. The number of methoxy groups -OCH3 is 1. The minimum Gasteiger partial charge on any atom is -0.491 e. The van der Waals surface area contributed by atoms with E-state index in [9.17, 15) is 0 Å². The molecule has 0 radical (unpaired) electrons. The molecule has 9 nitrogen and oxygen atoms in total. The first-order valence-corrected chi connectivity index (χ1v) is 9.96. The van der Waals surface area contributed by atoms with Gasteiger partial charge in [0.05, 0.1) is 6.61 Å². The molecule has 10 heteroatoms. The second kappa shape index (κ2) is 10.3. The van der Waals surface area contributed by atoms with Gasteiger partial charge in [0.2, 0.25) is 5.95 Å². The molecule has 0 spiro atoms. The van der Waals surface area contributed by atoms with Crippen molar-refractivity contribution in [3.63, 3.8) is 0 Å². The maximum absolute atomic E-state index is 5.94. The van der Waals surface area contributed by atoms with Crippen molar-refractivity contribution in [2.45, 2.75) is 0 Å². The zero-order valence-corrected chi connectivity index (χ0v) is 17.4. The van der Waals surface area contributed by atoms with Crippen molar-refractivity contribution in [1.29, 1.82) is 0 Å². The van der Waals surface area contributed by atoms with Gasteiger partial charge in [0.15, 0.2) is 11.0 Å². The Labute approximate surface area is 175 Å². The lowest BCUT2D eigenvalue weighted by Gasteiger charge is -2.36. The topological polar surface area (TPSA) is 115 Å². The molecule has 5 N–H and O–H groups in total. The summed E-state index contributed by atoms with van der Waals surface area (Å²) in [4.78, 5) is 12.7. The Balaban J connectivity index is 1.41. The van der Waals surface area contributed by atoms with Crippen molar-refractivity contribution < 1.29 is 9.47 Å². The summed E-state index contributed by atoms with van der Waals surface area (Å²) in [5, 5.41) is 3.36. The predicted molar refractivity (Wildman–Crippen MR) is 117 cm³/mol. The quantitative estimate of drug-likeness (QED) is 0.409. The highest BCUT2D eigenvalue weighted by Crippen LogP contribution is 2.24. The van der Waals surface area contributed by atoms with E-state index in [1.807, 2.05) is 12.1 Å². The number of ether oxygens (including phenoxy) is 2. The zero-order chi connectivity index (χ0) is 20.6. The van der Waals surface area contributed by atoms with Crippen LogP contribution in [0.15, 0.2) is 24.3 Å². The summed E-state index contributed by atoms with van der Waals surface area (Å²) in [5.74, 6) is 1.45. The molecule has 0 amide bonds. The van der Waals surface area contributed by atoms with E-state index in [1.54, 1.807) is 7.11 Å². The van der Waals surface area contributed by atoms with Crippen LogP contribution in [0, 0.1) is 0 Å². The number of aromatic nitrogens is 2. The van der Waals surface area contributed by atoms with Crippen LogP contribution in [0.4, 0.5) is 23.1 Å². The van der Waals surface area contributed by atoms with Crippen LogP contribution < -0.4 is 26.4 Å². The first kappa shape index (κ1) is 21.2. The number of piperazine rings is 1. The van der Waals surface area contributed by atoms with E-state index in [2.05, 4.69) is 37.2 Å². The van der Waals surface area contributed by atoms with E-state index in [0.717, 1.165) is 38.5 Å². The highest BCUT2D eigenvalue weighted by atomic mass is 35.5. The van der Waals surface area contributed by atoms with Gasteiger partial charge < -0.3 is 31.2 Å². The Bertz CT molecular complexity index is 783. The molecule has 1 saturated heterocycles. The summed E-state index contributed by atoms with van der Waals surface area (Å²) < 4.78 is 10.6. The van der Waals surface area contributed by atoms with E-state index in [1.165, 1.54) is 5.69 Å². The second-order valence-corrected chi connectivity index (χ2v) is 7.08. The minimum atomic E-state index is 0.107. The fourth-order valence-electron chi connectivity index (χ4n) is 3.15. The van der Waals surface area contributed by atoms with Gasteiger partial charge in [-0.15, -0.1) is 0 Å². The molecule has 29 heavy (non-hydrogen) atoms. The molecule has 0 saturated carbocycles. The van der Waals surface area contributed by atoms with Crippen LogP contribution in [0.3, 0.4) is 0 Å². The number of nitrogens with zero attached hydrogens (tertiary/aromatic N) is 4. The number of nitrogens with two attached hydrogens (primary N) is 2. The third-order valence-electron chi connectivity index (χ3n) is 4.77. The number of benzene rings is 1. The Morgan fingerprint density at radius 2 is 1.79 bits per heavy atom. The molecule has 1 aromatic carbocycles. The highest BCUT2D eigenvalue weighted by molar-refractivity contribution is 6.32. The fourth-order valence-corrected chi connectivity index (χ4v) is 3.33. The third-order valence-corrected chi connectivity index (χ3v) is 5.06. The molecule has 0 bridgehead atoms. The summed E-state index contributed by atoms with van der Waals surface area (Å²) in [7, 11) is 1.67. The molecule has 0 atom stereocenters. The minimum absolute atomic E-state index is 0.107. The van der Waals surface area contributed by atoms with Gasteiger partial charge in [-0.3, -0.25) is 4.90 Å². The monoisotopic (exact) mass is 421 g/mol. The summed E-state index contributed by atoms with van der Waals surface area (Å²) >= 11 is 5.94. The van der Waals surface area contributed by atoms with E-state index in [0.29, 0.717) is 31.3 Å². The van der Waals surface area contributed by atoms with Crippen molar-refractivity contribution >= 4 is 34.7 Å². The lowest BCUT2D eigenvalue weighted by Crippen LogP contribution is -2.47. The number of hydrogen-bond acceptors (Lipinski definition) is 9. The normalized spacial score (nSPS) is 14.8. The van der Waals surface area contributed by atoms with Crippen LogP contribution in [0.1, 0.15) is 0 Å². The van der Waals surface area contributed by atoms with Gasteiger partial charge >= 0.3 is 0 Å². The van der Waals surface area contributed by atoms with Gasteiger partial charge in [-0.2, -0.15) is 9.97 Å². The Hall–Kier alpha value is -2.49. The number of nitrogen functional groups attached to an aromatic ring is 2. The second-order valence-electron chi connectivity index (χ2n) is 6.73. The average Bonchev–Trinajstić information content (AvgIpc) is 2.73. The number of halogens is 1.